The number of nitrogens with zero attached hydrogens (tertiary/aromatic N) is 3. The number of morpholine rings is 1. The summed E-state index contributed by atoms with van der Waals surface area (Å²) in [5, 5.41) is 4.22. The number of nitrogens with one attached hydrogen (secondary N) is 2. The Labute approximate surface area is 195 Å². The van der Waals surface area contributed by atoms with Crippen LogP contribution in [0.2, 0.25) is 0 Å². The minimum Gasteiger partial charge on any atom is -0.370 e. The molecule has 1 saturated heterocycles. The van der Waals surface area contributed by atoms with Crippen LogP contribution in [0.5, 0.6) is 0 Å². The number of halogens is 3. The van der Waals surface area contributed by atoms with E-state index in [1.165, 1.54) is 17.3 Å². The number of hydrogen-bond acceptors (Lipinski definition) is 4. The predicted octanol–water partition coefficient (Wildman–Crippen LogP) is 3.43. The number of benzene rings is 2. The van der Waals surface area contributed by atoms with Crippen molar-refractivity contribution in [3.8, 4) is 16.8 Å². The second-order valence-electron chi connectivity index (χ2n) is 8.29. The standard InChI is InChI=1S/C25H24F3N5O/c26-25(27,28)19-7-4-8-20(15-19)33-16-21(18-5-2-1-3-6-18)22-23(30-17-31-24(22)33)29-9-10-32-11-13-34-14-12-32/h1-8,15-17H,9-14H2,(H,29,30,31)/p+1. The van der Waals surface area contributed by atoms with Crippen molar-refractivity contribution in [2.75, 3.05) is 44.7 Å². The summed E-state index contributed by atoms with van der Waals surface area (Å²) in [6.45, 7) is 5.12. The van der Waals surface area contributed by atoms with Crippen molar-refractivity contribution in [2.24, 2.45) is 0 Å². The molecule has 0 unspecified atom stereocenters. The van der Waals surface area contributed by atoms with Crippen molar-refractivity contribution in [2.45, 2.75) is 6.18 Å². The molecule has 0 spiro atoms. The molecule has 0 bridgehead atoms. The first-order valence-electron chi connectivity index (χ1n) is 11.2. The van der Waals surface area contributed by atoms with E-state index >= 15 is 0 Å². The lowest BCUT2D eigenvalue weighted by Gasteiger charge is -2.23. The van der Waals surface area contributed by atoms with Crippen molar-refractivity contribution in [3.05, 3.63) is 72.7 Å². The summed E-state index contributed by atoms with van der Waals surface area (Å²) in [6.07, 6.45) is -1.14. The number of ether oxygens (including phenoxy) is 1. The highest BCUT2D eigenvalue weighted by Gasteiger charge is 2.31. The van der Waals surface area contributed by atoms with Gasteiger partial charge in [0.15, 0.2) is 5.65 Å². The Morgan fingerprint density at radius 3 is 2.56 bits per heavy atom. The van der Waals surface area contributed by atoms with E-state index in [2.05, 4.69) is 15.3 Å². The smallest absolute Gasteiger partial charge is 0.370 e. The Hall–Kier alpha value is -3.43. The first-order valence-corrected chi connectivity index (χ1v) is 11.2. The molecule has 2 aromatic carbocycles. The van der Waals surface area contributed by atoms with Crippen molar-refractivity contribution in [3.63, 3.8) is 0 Å². The molecule has 34 heavy (non-hydrogen) atoms. The molecule has 6 nitrogen and oxygen atoms in total. The zero-order valence-electron chi connectivity index (χ0n) is 18.5. The van der Waals surface area contributed by atoms with E-state index in [1.54, 1.807) is 10.6 Å². The van der Waals surface area contributed by atoms with Gasteiger partial charge in [-0.25, -0.2) is 9.97 Å². The summed E-state index contributed by atoms with van der Waals surface area (Å²) in [5.74, 6) is 0.669. The molecule has 3 heterocycles. The van der Waals surface area contributed by atoms with Gasteiger partial charge in [-0.3, -0.25) is 0 Å². The second kappa shape index (κ2) is 9.44. The molecule has 176 valence electrons. The van der Waals surface area contributed by atoms with Crippen LogP contribution in [-0.4, -0.2) is 53.9 Å². The molecule has 0 atom stereocenters. The van der Waals surface area contributed by atoms with Gasteiger partial charge in [0.25, 0.3) is 0 Å². The molecule has 0 amide bonds. The molecule has 2 N–H and O–H groups in total. The highest BCUT2D eigenvalue weighted by molar-refractivity contribution is 6.02. The van der Waals surface area contributed by atoms with E-state index in [9.17, 15) is 13.2 Å². The Kier molecular flexibility index (Phi) is 6.21. The lowest BCUT2D eigenvalue weighted by atomic mass is 10.1. The third kappa shape index (κ3) is 4.62. The minimum atomic E-state index is -4.43. The fourth-order valence-electron chi connectivity index (χ4n) is 4.33. The summed E-state index contributed by atoms with van der Waals surface area (Å²) in [7, 11) is 0. The van der Waals surface area contributed by atoms with Crippen molar-refractivity contribution in [1.82, 2.24) is 14.5 Å². The molecular weight excluding hydrogens is 443 g/mol. The van der Waals surface area contributed by atoms with Crippen LogP contribution in [0.1, 0.15) is 5.56 Å². The topological polar surface area (TPSA) is 56.4 Å². The SMILES string of the molecule is FC(F)(F)c1cccc(-n2cc(-c3ccccc3)c3c(NCC[NH+]4CCOCC4)ncnc32)c1. The van der Waals surface area contributed by atoms with E-state index in [1.807, 2.05) is 36.5 Å². The first-order chi connectivity index (χ1) is 16.5. The second-order valence-corrected chi connectivity index (χ2v) is 8.29. The lowest BCUT2D eigenvalue weighted by molar-refractivity contribution is -0.906. The molecule has 0 radical (unpaired) electrons. The van der Waals surface area contributed by atoms with E-state index in [0.29, 0.717) is 23.7 Å². The molecule has 1 aliphatic heterocycles. The van der Waals surface area contributed by atoms with Gasteiger partial charge >= 0.3 is 6.18 Å². The number of quaternary nitrogens is 1. The molecular formula is C25H25F3N5O+. The van der Waals surface area contributed by atoms with Crippen LogP contribution in [0.15, 0.2) is 67.1 Å². The first kappa shape index (κ1) is 22.4. The van der Waals surface area contributed by atoms with Gasteiger partial charge in [0.05, 0.1) is 37.3 Å². The van der Waals surface area contributed by atoms with Crippen molar-refractivity contribution >= 4 is 16.9 Å². The van der Waals surface area contributed by atoms with Crippen molar-refractivity contribution in [1.29, 1.82) is 0 Å². The van der Waals surface area contributed by atoms with Crippen LogP contribution in [0.4, 0.5) is 19.0 Å². The zero-order valence-corrected chi connectivity index (χ0v) is 18.5. The molecule has 9 heteroatoms. The third-order valence-corrected chi connectivity index (χ3v) is 6.09. The number of hydrogen-bond donors (Lipinski definition) is 2. The number of rotatable bonds is 6. The Morgan fingerprint density at radius 2 is 1.79 bits per heavy atom. The Morgan fingerprint density at radius 1 is 1.00 bits per heavy atom. The number of alkyl halides is 3. The van der Waals surface area contributed by atoms with Gasteiger partial charge in [-0.05, 0) is 23.8 Å². The summed E-state index contributed by atoms with van der Waals surface area (Å²) < 4.78 is 47.2. The van der Waals surface area contributed by atoms with Crippen molar-refractivity contribution < 1.29 is 22.8 Å². The van der Waals surface area contributed by atoms with Crippen LogP contribution >= 0.6 is 0 Å². The van der Waals surface area contributed by atoms with Crippen LogP contribution in [-0.2, 0) is 10.9 Å². The quantitative estimate of drug-likeness (QED) is 0.455. The van der Waals surface area contributed by atoms with Crippen LogP contribution in [0.25, 0.3) is 27.8 Å². The average Bonchev–Trinajstić information content (AvgIpc) is 3.26. The summed E-state index contributed by atoms with van der Waals surface area (Å²) in [5.41, 5.74) is 2.04. The molecule has 1 aliphatic rings. The van der Waals surface area contributed by atoms with E-state index in [-0.39, 0.29) is 0 Å². The Bertz CT molecular complexity index is 1270. The van der Waals surface area contributed by atoms with Gasteiger partial charge in [-0.1, -0.05) is 36.4 Å². The van der Waals surface area contributed by atoms with Gasteiger partial charge in [-0.2, -0.15) is 13.2 Å². The summed E-state index contributed by atoms with van der Waals surface area (Å²) in [4.78, 5) is 10.4. The van der Waals surface area contributed by atoms with Gasteiger partial charge in [0.1, 0.15) is 25.2 Å². The third-order valence-electron chi connectivity index (χ3n) is 6.09. The van der Waals surface area contributed by atoms with Crippen LogP contribution in [0.3, 0.4) is 0 Å². The number of anilines is 1. The maximum Gasteiger partial charge on any atom is 0.416 e. The zero-order chi connectivity index (χ0) is 23.5. The maximum absolute atomic E-state index is 13.4. The summed E-state index contributed by atoms with van der Waals surface area (Å²) in [6, 6.07) is 15.0. The summed E-state index contributed by atoms with van der Waals surface area (Å²) >= 11 is 0. The van der Waals surface area contributed by atoms with E-state index < -0.39 is 11.7 Å². The van der Waals surface area contributed by atoms with Crippen LogP contribution < -0.4 is 10.2 Å². The molecule has 1 fully saturated rings. The van der Waals surface area contributed by atoms with Gasteiger partial charge in [-0.15, -0.1) is 0 Å². The predicted molar refractivity (Wildman–Crippen MR) is 124 cm³/mol. The molecule has 5 rings (SSSR count). The van der Waals surface area contributed by atoms with Gasteiger partial charge in [0, 0.05) is 17.4 Å². The fraction of sp³-hybridized carbons (Fsp3) is 0.280. The molecule has 4 aromatic rings. The van der Waals surface area contributed by atoms with Gasteiger partial charge in [0.2, 0.25) is 0 Å². The van der Waals surface area contributed by atoms with Crippen LogP contribution in [0, 0.1) is 0 Å². The number of aromatic nitrogens is 3. The molecule has 2 aromatic heterocycles. The van der Waals surface area contributed by atoms with Gasteiger partial charge < -0.3 is 19.5 Å². The Balaban J connectivity index is 1.56. The normalized spacial score (nSPS) is 15.0. The maximum atomic E-state index is 13.4. The lowest BCUT2D eigenvalue weighted by Crippen LogP contribution is -3.14. The highest BCUT2D eigenvalue weighted by Crippen LogP contribution is 2.36. The largest absolute Gasteiger partial charge is 0.416 e. The molecule has 0 saturated carbocycles. The molecule has 0 aliphatic carbocycles. The van der Waals surface area contributed by atoms with E-state index in [0.717, 1.165) is 61.5 Å². The minimum absolute atomic E-state index is 0.393. The monoisotopic (exact) mass is 468 g/mol. The average molecular weight is 469 g/mol. The van der Waals surface area contributed by atoms with E-state index in [4.69, 9.17) is 4.74 Å². The number of fused-ring (bicyclic) bond motifs is 1. The highest BCUT2D eigenvalue weighted by atomic mass is 19.4. The fourth-order valence-corrected chi connectivity index (χ4v) is 4.33.